The topological polar surface area (TPSA) is 63.6 Å². The molecule has 19 heavy (non-hydrogen) atoms. The zero-order valence-corrected chi connectivity index (χ0v) is 11.2. The van der Waals surface area contributed by atoms with E-state index in [0.717, 1.165) is 23.6 Å². The Labute approximate surface area is 112 Å². The van der Waals surface area contributed by atoms with Crippen LogP contribution in [0.1, 0.15) is 36.9 Å². The standard InChI is InChI=1S/C14H17N5/c1-3-15-12-6-11(10-4-5-10)18-14(19-12)13-16-7-9(2)8-17-13/h6-8,10H,3-5H2,1-2H3,(H,15,18,19). The summed E-state index contributed by atoms with van der Waals surface area (Å²) in [5.41, 5.74) is 2.14. The Balaban J connectivity index is 2.01. The summed E-state index contributed by atoms with van der Waals surface area (Å²) < 4.78 is 0. The van der Waals surface area contributed by atoms with Crippen molar-refractivity contribution in [3.63, 3.8) is 0 Å². The number of anilines is 1. The molecule has 2 heterocycles. The summed E-state index contributed by atoms with van der Waals surface area (Å²) >= 11 is 0. The van der Waals surface area contributed by atoms with Gasteiger partial charge in [0.15, 0.2) is 11.6 Å². The van der Waals surface area contributed by atoms with E-state index in [-0.39, 0.29) is 0 Å². The largest absolute Gasteiger partial charge is 0.370 e. The average Bonchev–Trinajstić information content (AvgIpc) is 3.24. The Morgan fingerprint density at radius 1 is 1.16 bits per heavy atom. The van der Waals surface area contributed by atoms with E-state index in [1.165, 1.54) is 12.8 Å². The first kappa shape index (κ1) is 12.0. The molecule has 3 rings (SSSR count). The molecule has 0 bridgehead atoms. The summed E-state index contributed by atoms with van der Waals surface area (Å²) in [5, 5.41) is 3.25. The van der Waals surface area contributed by atoms with Crippen molar-refractivity contribution in [3.05, 3.63) is 29.7 Å². The monoisotopic (exact) mass is 255 g/mol. The number of aromatic nitrogens is 4. The van der Waals surface area contributed by atoms with Gasteiger partial charge in [0.25, 0.3) is 0 Å². The number of hydrogen-bond donors (Lipinski definition) is 1. The van der Waals surface area contributed by atoms with E-state index >= 15 is 0 Å². The molecular weight excluding hydrogens is 238 g/mol. The van der Waals surface area contributed by atoms with Gasteiger partial charge >= 0.3 is 0 Å². The summed E-state index contributed by atoms with van der Waals surface area (Å²) in [5.74, 6) is 2.65. The van der Waals surface area contributed by atoms with Gasteiger partial charge in [0, 0.05) is 36.6 Å². The smallest absolute Gasteiger partial charge is 0.199 e. The van der Waals surface area contributed by atoms with Crippen LogP contribution < -0.4 is 5.32 Å². The lowest BCUT2D eigenvalue weighted by atomic mass is 10.2. The van der Waals surface area contributed by atoms with E-state index in [1.54, 1.807) is 12.4 Å². The quantitative estimate of drug-likeness (QED) is 0.909. The van der Waals surface area contributed by atoms with Gasteiger partial charge in [0.1, 0.15) is 5.82 Å². The van der Waals surface area contributed by atoms with Crippen molar-refractivity contribution in [1.29, 1.82) is 0 Å². The summed E-state index contributed by atoms with van der Waals surface area (Å²) in [6.07, 6.45) is 6.03. The van der Waals surface area contributed by atoms with Crippen LogP contribution in [0.5, 0.6) is 0 Å². The SMILES string of the molecule is CCNc1cc(C2CC2)nc(-c2ncc(C)cn2)n1. The van der Waals surface area contributed by atoms with Crippen molar-refractivity contribution in [1.82, 2.24) is 19.9 Å². The van der Waals surface area contributed by atoms with Gasteiger partial charge < -0.3 is 5.32 Å². The zero-order valence-electron chi connectivity index (χ0n) is 11.2. The first-order chi connectivity index (χ1) is 9.26. The summed E-state index contributed by atoms with van der Waals surface area (Å²) in [4.78, 5) is 17.7. The molecule has 5 heteroatoms. The Hall–Kier alpha value is -2.04. The Morgan fingerprint density at radius 2 is 1.89 bits per heavy atom. The van der Waals surface area contributed by atoms with Gasteiger partial charge in [-0.2, -0.15) is 0 Å². The van der Waals surface area contributed by atoms with Crippen molar-refractivity contribution in [2.75, 3.05) is 11.9 Å². The molecule has 0 amide bonds. The van der Waals surface area contributed by atoms with Crippen LogP contribution in [0, 0.1) is 6.92 Å². The molecule has 1 N–H and O–H groups in total. The molecule has 2 aromatic rings. The third-order valence-corrected chi connectivity index (χ3v) is 3.08. The zero-order chi connectivity index (χ0) is 13.2. The van der Waals surface area contributed by atoms with E-state index in [1.807, 2.05) is 13.0 Å². The molecule has 0 atom stereocenters. The number of rotatable bonds is 4. The minimum absolute atomic E-state index is 0.588. The molecule has 5 nitrogen and oxygen atoms in total. The van der Waals surface area contributed by atoms with Gasteiger partial charge in [0.2, 0.25) is 0 Å². The molecule has 0 aromatic carbocycles. The normalized spacial score (nSPS) is 14.4. The molecule has 1 saturated carbocycles. The van der Waals surface area contributed by atoms with Crippen LogP contribution in [0.15, 0.2) is 18.5 Å². The van der Waals surface area contributed by atoms with E-state index in [9.17, 15) is 0 Å². The van der Waals surface area contributed by atoms with Crippen LogP contribution in [0.3, 0.4) is 0 Å². The van der Waals surface area contributed by atoms with E-state index in [0.29, 0.717) is 17.6 Å². The van der Waals surface area contributed by atoms with Crippen LogP contribution in [0.2, 0.25) is 0 Å². The molecule has 0 radical (unpaired) electrons. The van der Waals surface area contributed by atoms with Crippen LogP contribution in [0.25, 0.3) is 11.6 Å². The highest BCUT2D eigenvalue weighted by Crippen LogP contribution is 2.39. The van der Waals surface area contributed by atoms with E-state index in [4.69, 9.17) is 0 Å². The van der Waals surface area contributed by atoms with Crippen LogP contribution in [-0.4, -0.2) is 26.5 Å². The van der Waals surface area contributed by atoms with Gasteiger partial charge in [0.05, 0.1) is 0 Å². The minimum atomic E-state index is 0.588. The molecule has 0 saturated heterocycles. The van der Waals surface area contributed by atoms with Crippen LogP contribution in [0.4, 0.5) is 5.82 Å². The van der Waals surface area contributed by atoms with Gasteiger partial charge in [-0.3, -0.25) is 0 Å². The Bertz CT molecular complexity index is 575. The maximum atomic E-state index is 4.60. The molecule has 0 spiro atoms. The summed E-state index contributed by atoms with van der Waals surface area (Å²) in [7, 11) is 0. The lowest BCUT2D eigenvalue weighted by molar-refractivity contribution is 0.968. The van der Waals surface area contributed by atoms with Gasteiger partial charge in [-0.15, -0.1) is 0 Å². The van der Waals surface area contributed by atoms with Crippen molar-refractivity contribution < 1.29 is 0 Å². The fourth-order valence-corrected chi connectivity index (χ4v) is 1.93. The molecule has 0 unspecified atom stereocenters. The van der Waals surface area contributed by atoms with Gasteiger partial charge in [-0.1, -0.05) is 0 Å². The second kappa shape index (κ2) is 4.91. The second-order valence-electron chi connectivity index (χ2n) is 4.89. The Kier molecular flexibility index (Phi) is 3.11. The second-order valence-corrected chi connectivity index (χ2v) is 4.89. The van der Waals surface area contributed by atoms with Crippen molar-refractivity contribution in [2.24, 2.45) is 0 Å². The number of nitrogens with one attached hydrogen (secondary N) is 1. The molecule has 1 aliphatic carbocycles. The molecule has 0 aliphatic heterocycles. The molecule has 2 aromatic heterocycles. The summed E-state index contributed by atoms with van der Waals surface area (Å²) in [6.45, 7) is 4.87. The number of aryl methyl sites for hydroxylation is 1. The molecule has 1 aliphatic rings. The predicted molar refractivity (Wildman–Crippen MR) is 73.9 cm³/mol. The third-order valence-electron chi connectivity index (χ3n) is 3.08. The van der Waals surface area contributed by atoms with E-state index in [2.05, 4.69) is 32.2 Å². The minimum Gasteiger partial charge on any atom is -0.370 e. The van der Waals surface area contributed by atoms with Crippen LogP contribution >= 0.6 is 0 Å². The number of hydrogen-bond acceptors (Lipinski definition) is 5. The average molecular weight is 255 g/mol. The lowest BCUT2D eigenvalue weighted by Gasteiger charge is -2.07. The van der Waals surface area contributed by atoms with Gasteiger partial charge in [-0.25, -0.2) is 19.9 Å². The molecule has 98 valence electrons. The highest BCUT2D eigenvalue weighted by molar-refractivity contribution is 5.50. The van der Waals surface area contributed by atoms with E-state index < -0.39 is 0 Å². The third kappa shape index (κ3) is 2.70. The fourth-order valence-electron chi connectivity index (χ4n) is 1.93. The first-order valence-corrected chi connectivity index (χ1v) is 6.68. The predicted octanol–water partition coefficient (Wildman–Crippen LogP) is 2.55. The van der Waals surface area contributed by atoms with Crippen molar-refractivity contribution in [3.8, 4) is 11.6 Å². The molecular formula is C14H17N5. The van der Waals surface area contributed by atoms with Crippen LogP contribution in [-0.2, 0) is 0 Å². The van der Waals surface area contributed by atoms with Gasteiger partial charge in [-0.05, 0) is 32.3 Å². The maximum absolute atomic E-state index is 4.60. The van der Waals surface area contributed by atoms with Crippen molar-refractivity contribution in [2.45, 2.75) is 32.6 Å². The first-order valence-electron chi connectivity index (χ1n) is 6.68. The highest BCUT2D eigenvalue weighted by atomic mass is 15.1. The number of nitrogens with zero attached hydrogens (tertiary/aromatic N) is 4. The summed E-state index contributed by atoms with van der Waals surface area (Å²) in [6, 6.07) is 2.04. The fraction of sp³-hybridized carbons (Fsp3) is 0.429. The maximum Gasteiger partial charge on any atom is 0.199 e. The lowest BCUT2D eigenvalue weighted by Crippen LogP contribution is -2.05. The molecule has 1 fully saturated rings. The highest BCUT2D eigenvalue weighted by Gasteiger charge is 2.26. The Morgan fingerprint density at radius 3 is 2.53 bits per heavy atom. The van der Waals surface area contributed by atoms with Crippen molar-refractivity contribution >= 4 is 5.82 Å².